The van der Waals surface area contributed by atoms with Gasteiger partial charge in [0.15, 0.2) is 5.82 Å². The predicted molar refractivity (Wildman–Crippen MR) is 95.4 cm³/mol. The maximum absolute atomic E-state index is 13.2. The van der Waals surface area contributed by atoms with Gasteiger partial charge in [-0.2, -0.15) is 4.98 Å². The van der Waals surface area contributed by atoms with Gasteiger partial charge in [0.05, 0.1) is 11.1 Å². The van der Waals surface area contributed by atoms with Gasteiger partial charge < -0.3 is 9.84 Å². The second kappa shape index (κ2) is 6.14. The fraction of sp³-hybridized carbons (Fsp3) is 0.353. The number of amides is 1. The first kappa shape index (κ1) is 15.5. The molecule has 3 aromatic heterocycles. The highest BCUT2D eigenvalue weighted by Gasteiger charge is 2.43. The SMILES string of the molecule is Cc1noc(-c2sccc2NC(=O)C2(c3cccs3)CCCC2)n1. The van der Waals surface area contributed by atoms with E-state index in [9.17, 15) is 4.79 Å². The second-order valence-electron chi connectivity index (χ2n) is 6.03. The first-order valence-corrected chi connectivity index (χ1v) is 9.69. The van der Waals surface area contributed by atoms with E-state index in [1.807, 2.05) is 22.9 Å². The van der Waals surface area contributed by atoms with Gasteiger partial charge in [-0.1, -0.05) is 24.1 Å². The number of anilines is 1. The lowest BCUT2D eigenvalue weighted by atomic mass is 9.83. The van der Waals surface area contributed by atoms with Crippen molar-refractivity contribution in [1.29, 1.82) is 0 Å². The van der Waals surface area contributed by atoms with Crippen molar-refractivity contribution in [3.05, 3.63) is 39.7 Å². The number of carbonyl (C=O) groups is 1. The minimum absolute atomic E-state index is 0.0679. The molecule has 0 radical (unpaired) electrons. The highest BCUT2D eigenvalue weighted by Crippen LogP contribution is 2.44. The fourth-order valence-electron chi connectivity index (χ4n) is 3.32. The number of hydrogen-bond donors (Lipinski definition) is 1. The molecule has 1 saturated carbocycles. The zero-order chi connectivity index (χ0) is 16.6. The Morgan fingerprint density at radius 2 is 2.08 bits per heavy atom. The number of carbonyl (C=O) groups excluding carboxylic acids is 1. The molecule has 1 N–H and O–H groups in total. The summed E-state index contributed by atoms with van der Waals surface area (Å²) in [4.78, 5) is 19.4. The van der Waals surface area contributed by atoms with Crippen LogP contribution in [0.3, 0.4) is 0 Å². The smallest absolute Gasteiger partial charge is 0.270 e. The van der Waals surface area contributed by atoms with Crippen LogP contribution in [0.2, 0.25) is 0 Å². The monoisotopic (exact) mass is 359 g/mol. The standard InChI is InChI=1S/C17H17N3O2S2/c1-11-18-15(22-20-11)14-12(6-10-24-14)19-16(21)17(7-2-3-8-17)13-5-4-9-23-13/h4-6,9-10H,2-3,7-8H2,1H3,(H,19,21). The molecule has 1 fully saturated rings. The van der Waals surface area contributed by atoms with Crippen LogP contribution in [0.15, 0.2) is 33.5 Å². The van der Waals surface area contributed by atoms with Crippen LogP contribution < -0.4 is 5.32 Å². The number of thiophene rings is 2. The second-order valence-corrected chi connectivity index (χ2v) is 7.89. The van der Waals surface area contributed by atoms with Crippen molar-refractivity contribution in [2.75, 3.05) is 5.32 Å². The van der Waals surface area contributed by atoms with Gasteiger partial charge in [-0.25, -0.2) is 0 Å². The van der Waals surface area contributed by atoms with Crippen LogP contribution in [0, 0.1) is 6.92 Å². The summed E-state index contributed by atoms with van der Waals surface area (Å²) in [5.74, 6) is 1.11. The summed E-state index contributed by atoms with van der Waals surface area (Å²) in [7, 11) is 0. The van der Waals surface area contributed by atoms with E-state index in [4.69, 9.17) is 4.52 Å². The summed E-state index contributed by atoms with van der Waals surface area (Å²) in [6.45, 7) is 1.78. The van der Waals surface area contributed by atoms with E-state index < -0.39 is 5.41 Å². The third-order valence-corrected chi connectivity index (χ3v) is 6.50. The number of hydrogen-bond acceptors (Lipinski definition) is 6. The molecule has 4 rings (SSSR count). The van der Waals surface area contributed by atoms with E-state index >= 15 is 0 Å². The van der Waals surface area contributed by atoms with Gasteiger partial charge in [0.1, 0.15) is 4.88 Å². The molecule has 0 saturated heterocycles. The highest BCUT2D eigenvalue weighted by molar-refractivity contribution is 7.14. The Bertz CT molecular complexity index is 845. The molecule has 0 unspecified atom stereocenters. The molecule has 3 heterocycles. The molecular formula is C17H17N3O2S2. The van der Waals surface area contributed by atoms with Crippen LogP contribution in [0.1, 0.15) is 36.4 Å². The molecule has 1 aliphatic carbocycles. The lowest BCUT2D eigenvalue weighted by Gasteiger charge is -2.26. The van der Waals surface area contributed by atoms with E-state index in [0.717, 1.165) is 41.1 Å². The van der Waals surface area contributed by atoms with Gasteiger partial charge in [0, 0.05) is 4.88 Å². The Morgan fingerprint density at radius 1 is 1.25 bits per heavy atom. The summed E-state index contributed by atoms with van der Waals surface area (Å²) in [6.07, 6.45) is 3.98. The average molecular weight is 359 g/mol. The van der Waals surface area contributed by atoms with Crippen LogP contribution in [0.4, 0.5) is 5.69 Å². The van der Waals surface area contributed by atoms with E-state index in [0.29, 0.717) is 11.7 Å². The molecule has 1 aliphatic rings. The number of aromatic nitrogens is 2. The van der Waals surface area contributed by atoms with E-state index in [2.05, 4.69) is 21.5 Å². The van der Waals surface area contributed by atoms with E-state index in [-0.39, 0.29) is 5.91 Å². The Labute approximate surface area is 147 Å². The molecule has 124 valence electrons. The molecule has 24 heavy (non-hydrogen) atoms. The van der Waals surface area contributed by atoms with Crippen molar-refractivity contribution in [1.82, 2.24) is 10.1 Å². The lowest BCUT2D eigenvalue weighted by Crippen LogP contribution is -2.37. The Morgan fingerprint density at radius 3 is 2.75 bits per heavy atom. The third kappa shape index (κ3) is 2.57. The molecule has 7 heteroatoms. The Kier molecular flexibility index (Phi) is 3.97. The maximum atomic E-state index is 13.2. The maximum Gasteiger partial charge on any atom is 0.270 e. The van der Waals surface area contributed by atoms with E-state index in [1.54, 1.807) is 18.3 Å². The van der Waals surface area contributed by atoms with Crippen molar-refractivity contribution in [3.8, 4) is 10.8 Å². The molecule has 0 aliphatic heterocycles. The van der Waals surface area contributed by atoms with Crippen LogP contribution in [0.25, 0.3) is 10.8 Å². The molecular weight excluding hydrogens is 342 g/mol. The van der Waals surface area contributed by atoms with E-state index in [1.165, 1.54) is 11.3 Å². The topological polar surface area (TPSA) is 68.0 Å². The normalized spacial score (nSPS) is 16.4. The number of aryl methyl sites for hydroxylation is 1. The molecule has 0 bridgehead atoms. The van der Waals surface area contributed by atoms with Crippen LogP contribution in [-0.2, 0) is 10.2 Å². The molecule has 3 aromatic rings. The van der Waals surface area contributed by atoms with Crippen molar-refractivity contribution in [2.45, 2.75) is 38.0 Å². The molecule has 5 nitrogen and oxygen atoms in total. The third-order valence-electron chi connectivity index (χ3n) is 4.52. The quantitative estimate of drug-likeness (QED) is 0.738. The zero-order valence-corrected chi connectivity index (χ0v) is 14.9. The Hall–Kier alpha value is -1.99. The minimum Gasteiger partial charge on any atom is -0.333 e. The largest absolute Gasteiger partial charge is 0.333 e. The minimum atomic E-state index is -0.405. The zero-order valence-electron chi connectivity index (χ0n) is 13.2. The molecule has 0 atom stereocenters. The van der Waals surface area contributed by atoms with Gasteiger partial charge in [0.2, 0.25) is 5.91 Å². The summed E-state index contributed by atoms with van der Waals surface area (Å²) in [5.41, 5.74) is 0.342. The van der Waals surface area contributed by atoms with Crippen LogP contribution >= 0.6 is 22.7 Å². The van der Waals surface area contributed by atoms with Crippen molar-refractivity contribution in [3.63, 3.8) is 0 Å². The summed E-state index contributed by atoms with van der Waals surface area (Å²) in [6, 6.07) is 5.99. The number of rotatable bonds is 4. The lowest BCUT2D eigenvalue weighted by molar-refractivity contribution is -0.121. The van der Waals surface area contributed by atoms with Gasteiger partial charge in [0.25, 0.3) is 5.89 Å². The molecule has 0 aromatic carbocycles. The summed E-state index contributed by atoms with van der Waals surface area (Å²) < 4.78 is 5.25. The number of nitrogens with zero attached hydrogens (tertiary/aromatic N) is 2. The van der Waals surface area contributed by atoms with Gasteiger partial charge in [-0.15, -0.1) is 22.7 Å². The highest BCUT2D eigenvalue weighted by atomic mass is 32.1. The van der Waals surface area contributed by atoms with Gasteiger partial charge >= 0.3 is 0 Å². The first-order valence-electron chi connectivity index (χ1n) is 7.93. The summed E-state index contributed by atoms with van der Waals surface area (Å²) in [5, 5.41) is 10.9. The van der Waals surface area contributed by atoms with Crippen molar-refractivity contribution < 1.29 is 9.32 Å². The average Bonchev–Trinajstić information content (AvgIpc) is 3.35. The first-order chi connectivity index (χ1) is 11.7. The Balaban J connectivity index is 1.64. The van der Waals surface area contributed by atoms with Crippen molar-refractivity contribution in [2.24, 2.45) is 0 Å². The van der Waals surface area contributed by atoms with Crippen LogP contribution in [0.5, 0.6) is 0 Å². The fourth-order valence-corrected chi connectivity index (χ4v) is 5.07. The molecule has 1 amide bonds. The van der Waals surface area contributed by atoms with Gasteiger partial charge in [-0.3, -0.25) is 4.79 Å². The predicted octanol–water partition coefficient (Wildman–Crippen LogP) is 4.62. The van der Waals surface area contributed by atoms with Crippen molar-refractivity contribution >= 4 is 34.3 Å². The van der Waals surface area contributed by atoms with Gasteiger partial charge in [-0.05, 0) is 42.7 Å². The molecule has 0 spiro atoms. The van der Waals surface area contributed by atoms with Crippen LogP contribution in [-0.4, -0.2) is 16.0 Å². The number of nitrogens with one attached hydrogen (secondary N) is 1. The summed E-state index contributed by atoms with van der Waals surface area (Å²) >= 11 is 3.15.